The average molecular weight is 602 g/mol. The molecule has 1 heterocycles. The van der Waals surface area contributed by atoms with Gasteiger partial charge in [-0.05, 0) is 59.7 Å². The van der Waals surface area contributed by atoms with Crippen LogP contribution in [0.5, 0.6) is 5.75 Å². The third-order valence-corrected chi connectivity index (χ3v) is 7.78. The second-order valence-electron chi connectivity index (χ2n) is 9.46. The SMILES string of the molecule is CCC(N)C(=O)NC1C(=O)N(Cc2c(OC)ccc3c(Br)cccc23)c2ccccc2N(c2ccccc2)C1=O. The van der Waals surface area contributed by atoms with Crippen molar-refractivity contribution in [1.29, 1.82) is 0 Å². The normalized spacial score (nSPS) is 15.9. The summed E-state index contributed by atoms with van der Waals surface area (Å²) < 4.78 is 6.62. The van der Waals surface area contributed by atoms with E-state index in [2.05, 4.69) is 21.2 Å². The molecule has 0 aliphatic carbocycles. The molecule has 0 saturated heterocycles. The van der Waals surface area contributed by atoms with Crippen molar-refractivity contribution in [1.82, 2.24) is 5.32 Å². The van der Waals surface area contributed by atoms with Gasteiger partial charge in [-0.25, -0.2) is 0 Å². The Morgan fingerprint density at radius 1 is 0.925 bits per heavy atom. The van der Waals surface area contributed by atoms with Crippen LogP contribution in [-0.4, -0.2) is 36.9 Å². The lowest BCUT2D eigenvalue weighted by atomic mass is 10.0. The monoisotopic (exact) mass is 600 g/mol. The minimum Gasteiger partial charge on any atom is -0.496 e. The van der Waals surface area contributed by atoms with Crippen molar-refractivity contribution in [3.8, 4) is 5.75 Å². The van der Waals surface area contributed by atoms with Crippen molar-refractivity contribution < 1.29 is 19.1 Å². The van der Waals surface area contributed by atoms with E-state index < -0.39 is 29.8 Å². The maximum absolute atomic E-state index is 14.3. The Hall–Kier alpha value is -4.21. The van der Waals surface area contributed by atoms with E-state index in [1.165, 1.54) is 9.80 Å². The number of carbonyl (C=O) groups is 3. The molecule has 2 atom stereocenters. The number of nitrogens with two attached hydrogens (primary N) is 1. The van der Waals surface area contributed by atoms with Crippen LogP contribution in [0, 0.1) is 0 Å². The zero-order valence-electron chi connectivity index (χ0n) is 22.1. The van der Waals surface area contributed by atoms with Gasteiger partial charge in [-0.1, -0.05) is 65.3 Å². The summed E-state index contributed by atoms with van der Waals surface area (Å²) >= 11 is 3.62. The van der Waals surface area contributed by atoms with Gasteiger partial charge in [0.15, 0.2) is 6.04 Å². The number of fused-ring (bicyclic) bond motifs is 2. The molecule has 5 rings (SSSR count). The summed E-state index contributed by atoms with van der Waals surface area (Å²) in [4.78, 5) is 44.4. The molecule has 2 unspecified atom stereocenters. The van der Waals surface area contributed by atoms with E-state index in [9.17, 15) is 14.4 Å². The molecular formula is C31H29BrN4O4. The Bertz CT molecular complexity index is 1590. The first kappa shape index (κ1) is 27.4. The van der Waals surface area contributed by atoms with Crippen LogP contribution in [0.3, 0.4) is 0 Å². The highest BCUT2D eigenvalue weighted by atomic mass is 79.9. The van der Waals surface area contributed by atoms with E-state index in [1.807, 2.05) is 60.7 Å². The van der Waals surface area contributed by atoms with Crippen molar-refractivity contribution in [2.24, 2.45) is 5.73 Å². The molecule has 1 aliphatic rings. The van der Waals surface area contributed by atoms with Gasteiger partial charge in [0, 0.05) is 15.7 Å². The largest absolute Gasteiger partial charge is 0.496 e. The zero-order valence-corrected chi connectivity index (χ0v) is 23.7. The van der Waals surface area contributed by atoms with Crippen molar-refractivity contribution in [3.63, 3.8) is 0 Å². The number of para-hydroxylation sites is 3. The van der Waals surface area contributed by atoms with Crippen LogP contribution in [0.4, 0.5) is 17.1 Å². The fraction of sp³-hybridized carbons (Fsp3) is 0.194. The molecule has 204 valence electrons. The molecule has 0 spiro atoms. The Labute approximate surface area is 240 Å². The van der Waals surface area contributed by atoms with E-state index in [0.717, 1.165) is 20.8 Å². The number of amides is 3. The molecule has 9 heteroatoms. The van der Waals surface area contributed by atoms with E-state index >= 15 is 0 Å². The topological polar surface area (TPSA) is 105 Å². The highest BCUT2D eigenvalue weighted by Crippen LogP contribution is 2.40. The Morgan fingerprint density at radius 2 is 1.62 bits per heavy atom. The molecule has 0 radical (unpaired) electrons. The lowest BCUT2D eigenvalue weighted by Crippen LogP contribution is -2.57. The standard InChI is InChI=1S/C31H29BrN4O4/c1-3-24(33)29(37)34-28-30(38)35(18-22-20-12-9-13-23(32)21(20)16-17-27(22)40-2)25-14-7-8-15-26(25)36(31(28)39)19-10-5-4-6-11-19/h4-17,24,28H,3,18,33H2,1-2H3,(H,34,37). The van der Waals surface area contributed by atoms with Gasteiger partial charge in [0.1, 0.15) is 5.75 Å². The molecule has 4 aromatic rings. The maximum atomic E-state index is 14.3. The number of carbonyl (C=O) groups excluding carboxylic acids is 3. The van der Waals surface area contributed by atoms with Gasteiger partial charge in [0.25, 0.3) is 11.8 Å². The summed E-state index contributed by atoms with van der Waals surface area (Å²) in [5, 5.41) is 4.49. The van der Waals surface area contributed by atoms with E-state index in [0.29, 0.717) is 29.2 Å². The summed E-state index contributed by atoms with van der Waals surface area (Å²) in [6.07, 6.45) is 0.357. The van der Waals surface area contributed by atoms with Crippen molar-refractivity contribution in [2.45, 2.75) is 32.0 Å². The van der Waals surface area contributed by atoms with Crippen LogP contribution < -0.4 is 25.6 Å². The third kappa shape index (κ3) is 4.94. The minimum absolute atomic E-state index is 0.0922. The van der Waals surface area contributed by atoms with E-state index in [-0.39, 0.29) is 6.54 Å². The zero-order chi connectivity index (χ0) is 28.4. The Kier molecular flexibility index (Phi) is 7.86. The summed E-state index contributed by atoms with van der Waals surface area (Å²) in [6, 6.07) is 23.6. The van der Waals surface area contributed by atoms with Gasteiger partial charge in [0.2, 0.25) is 5.91 Å². The number of halogens is 1. The fourth-order valence-electron chi connectivity index (χ4n) is 4.95. The predicted octanol–water partition coefficient (Wildman–Crippen LogP) is 5.04. The molecule has 0 saturated carbocycles. The summed E-state index contributed by atoms with van der Waals surface area (Å²) in [6.45, 7) is 1.86. The second kappa shape index (κ2) is 11.5. The minimum atomic E-state index is -1.49. The first-order valence-electron chi connectivity index (χ1n) is 12.9. The molecule has 8 nitrogen and oxygen atoms in total. The highest BCUT2D eigenvalue weighted by molar-refractivity contribution is 9.10. The predicted molar refractivity (Wildman–Crippen MR) is 160 cm³/mol. The van der Waals surface area contributed by atoms with Crippen LogP contribution in [-0.2, 0) is 20.9 Å². The van der Waals surface area contributed by atoms with E-state index in [4.69, 9.17) is 10.5 Å². The van der Waals surface area contributed by atoms with Gasteiger partial charge >= 0.3 is 0 Å². The summed E-state index contributed by atoms with van der Waals surface area (Å²) in [7, 11) is 1.58. The van der Waals surface area contributed by atoms with Crippen molar-refractivity contribution in [3.05, 3.63) is 95.0 Å². The fourth-order valence-corrected chi connectivity index (χ4v) is 5.45. The van der Waals surface area contributed by atoms with Gasteiger partial charge in [-0.3, -0.25) is 19.3 Å². The molecule has 40 heavy (non-hydrogen) atoms. The van der Waals surface area contributed by atoms with Gasteiger partial charge in [-0.2, -0.15) is 0 Å². The molecule has 0 bridgehead atoms. The van der Waals surface area contributed by atoms with Crippen LogP contribution >= 0.6 is 15.9 Å². The Morgan fingerprint density at radius 3 is 2.33 bits per heavy atom. The summed E-state index contributed by atoms with van der Waals surface area (Å²) in [5.74, 6) is -1.11. The molecular weight excluding hydrogens is 572 g/mol. The first-order chi connectivity index (χ1) is 19.3. The van der Waals surface area contributed by atoms with Crippen LogP contribution in [0.2, 0.25) is 0 Å². The number of nitrogens with zero attached hydrogens (tertiary/aromatic N) is 2. The number of ether oxygens (including phenoxy) is 1. The van der Waals surface area contributed by atoms with Gasteiger partial charge < -0.3 is 20.7 Å². The number of hydrogen-bond acceptors (Lipinski definition) is 5. The lowest BCUT2D eigenvalue weighted by molar-refractivity contribution is -0.134. The Balaban J connectivity index is 1.71. The van der Waals surface area contributed by atoms with Crippen molar-refractivity contribution >= 4 is 61.5 Å². The number of benzene rings is 4. The molecule has 1 aliphatic heterocycles. The summed E-state index contributed by atoms with van der Waals surface area (Å²) in [5.41, 5.74) is 8.36. The number of anilines is 3. The third-order valence-electron chi connectivity index (χ3n) is 7.08. The van der Waals surface area contributed by atoms with Crippen LogP contribution in [0.1, 0.15) is 18.9 Å². The van der Waals surface area contributed by atoms with E-state index in [1.54, 1.807) is 38.3 Å². The van der Waals surface area contributed by atoms with Crippen LogP contribution in [0.25, 0.3) is 10.8 Å². The quantitative estimate of drug-likeness (QED) is 0.289. The van der Waals surface area contributed by atoms with Crippen molar-refractivity contribution in [2.75, 3.05) is 16.9 Å². The van der Waals surface area contributed by atoms with Crippen LogP contribution in [0.15, 0.2) is 89.4 Å². The first-order valence-corrected chi connectivity index (χ1v) is 13.7. The average Bonchev–Trinajstić information content (AvgIpc) is 3.06. The number of nitrogens with one attached hydrogen (secondary N) is 1. The molecule has 0 aromatic heterocycles. The molecule has 3 amide bonds. The molecule has 0 fully saturated rings. The smallest absolute Gasteiger partial charge is 0.264 e. The van der Waals surface area contributed by atoms with Gasteiger partial charge in [-0.15, -0.1) is 0 Å². The molecule has 4 aromatic carbocycles. The maximum Gasteiger partial charge on any atom is 0.264 e. The number of methoxy groups -OCH3 is 1. The number of hydrogen-bond donors (Lipinski definition) is 2. The van der Waals surface area contributed by atoms with Gasteiger partial charge in [0.05, 0.1) is 31.1 Å². The number of rotatable bonds is 7. The highest BCUT2D eigenvalue weighted by Gasteiger charge is 2.42. The molecule has 3 N–H and O–H groups in total. The lowest BCUT2D eigenvalue weighted by Gasteiger charge is -2.27. The second-order valence-corrected chi connectivity index (χ2v) is 10.3.